The number of rotatable bonds is 8. The van der Waals surface area contributed by atoms with E-state index in [2.05, 4.69) is 4.98 Å². The molecule has 0 bridgehead atoms. The molecular formula is C25H24N2O5S. The summed E-state index contributed by atoms with van der Waals surface area (Å²) in [6.07, 6.45) is 0. The summed E-state index contributed by atoms with van der Waals surface area (Å²) in [4.78, 5) is 4.74. The third-order valence-corrected chi connectivity index (χ3v) is 7.00. The fourth-order valence-corrected chi connectivity index (χ4v) is 4.78. The van der Waals surface area contributed by atoms with E-state index in [9.17, 15) is 8.42 Å². The first-order valence-electron chi connectivity index (χ1n) is 10.2. The number of aromatic nitrogens is 1. The predicted octanol–water partition coefficient (Wildman–Crippen LogP) is 5.06. The number of aryl methyl sites for hydroxylation is 1. The summed E-state index contributed by atoms with van der Waals surface area (Å²) < 4.78 is 44.9. The second-order valence-corrected chi connectivity index (χ2v) is 9.14. The molecule has 0 radical (unpaired) electrons. The predicted molar refractivity (Wildman–Crippen MR) is 126 cm³/mol. The Morgan fingerprint density at radius 2 is 1.42 bits per heavy atom. The zero-order valence-electron chi connectivity index (χ0n) is 18.6. The van der Waals surface area contributed by atoms with Gasteiger partial charge >= 0.3 is 0 Å². The highest BCUT2D eigenvalue weighted by atomic mass is 32.2. The summed E-state index contributed by atoms with van der Waals surface area (Å²) in [6, 6.07) is 22.6. The molecular weight excluding hydrogens is 440 g/mol. The normalized spacial score (nSPS) is 11.2. The molecule has 170 valence electrons. The average Bonchev–Trinajstić information content (AvgIpc) is 3.23. The van der Waals surface area contributed by atoms with Crippen molar-refractivity contribution in [3.8, 4) is 23.0 Å². The van der Waals surface area contributed by atoms with Crippen LogP contribution in [0.25, 0.3) is 11.5 Å². The molecule has 4 rings (SSSR count). The van der Waals surface area contributed by atoms with Crippen LogP contribution >= 0.6 is 0 Å². The summed E-state index contributed by atoms with van der Waals surface area (Å²) >= 11 is 0. The van der Waals surface area contributed by atoms with Gasteiger partial charge in [0.1, 0.15) is 23.0 Å². The van der Waals surface area contributed by atoms with Gasteiger partial charge in [-0.3, -0.25) is 4.31 Å². The molecule has 0 amide bonds. The second kappa shape index (κ2) is 9.38. The van der Waals surface area contributed by atoms with E-state index in [1.807, 2.05) is 30.3 Å². The van der Waals surface area contributed by atoms with Crippen molar-refractivity contribution in [3.05, 3.63) is 90.3 Å². The number of hydrogen-bond acceptors (Lipinski definition) is 6. The zero-order valence-corrected chi connectivity index (χ0v) is 19.4. The number of sulfonamides is 1. The molecule has 0 aliphatic rings. The molecule has 0 N–H and O–H groups in total. The molecule has 7 nitrogen and oxygen atoms in total. The second-order valence-electron chi connectivity index (χ2n) is 7.27. The SMILES string of the molecule is COc1ccc(N(Cc2nc(-c3ccccc3)oc2C)S(=O)(=O)c2ccc(OC)cc2)cc1. The number of nitrogens with zero attached hydrogens (tertiary/aromatic N) is 2. The minimum atomic E-state index is -3.91. The molecule has 0 unspecified atom stereocenters. The Bertz CT molecular complexity index is 1320. The molecule has 0 atom stereocenters. The molecule has 0 aliphatic heterocycles. The van der Waals surface area contributed by atoms with Crippen molar-refractivity contribution >= 4 is 15.7 Å². The molecule has 1 heterocycles. The van der Waals surface area contributed by atoms with Crippen LogP contribution in [-0.2, 0) is 16.6 Å². The van der Waals surface area contributed by atoms with Crippen molar-refractivity contribution in [2.75, 3.05) is 18.5 Å². The van der Waals surface area contributed by atoms with Crippen LogP contribution in [0.4, 0.5) is 5.69 Å². The molecule has 0 spiro atoms. The van der Waals surface area contributed by atoms with E-state index in [0.717, 1.165) is 5.56 Å². The van der Waals surface area contributed by atoms with E-state index in [1.165, 1.54) is 23.5 Å². The van der Waals surface area contributed by atoms with Crippen LogP contribution in [0.5, 0.6) is 11.5 Å². The largest absolute Gasteiger partial charge is 0.497 e. The van der Waals surface area contributed by atoms with Crippen molar-refractivity contribution in [2.24, 2.45) is 0 Å². The van der Waals surface area contributed by atoms with Crippen LogP contribution in [-0.4, -0.2) is 27.6 Å². The van der Waals surface area contributed by atoms with E-state index in [-0.39, 0.29) is 11.4 Å². The van der Waals surface area contributed by atoms with Gasteiger partial charge in [-0.15, -0.1) is 0 Å². The Kier molecular flexibility index (Phi) is 6.37. The van der Waals surface area contributed by atoms with Crippen LogP contribution < -0.4 is 13.8 Å². The third kappa shape index (κ3) is 4.70. The highest BCUT2D eigenvalue weighted by Gasteiger charge is 2.27. The Morgan fingerprint density at radius 3 is 2.00 bits per heavy atom. The Hall–Kier alpha value is -3.78. The van der Waals surface area contributed by atoms with Crippen molar-refractivity contribution in [1.29, 1.82) is 0 Å². The van der Waals surface area contributed by atoms with Crippen molar-refractivity contribution in [2.45, 2.75) is 18.4 Å². The van der Waals surface area contributed by atoms with E-state index in [1.54, 1.807) is 50.4 Å². The van der Waals surface area contributed by atoms with Crippen molar-refractivity contribution in [3.63, 3.8) is 0 Å². The first kappa shape index (κ1) is 22.4. The first-order chi connectivity index (χ1) is 15.9. The lowest BCUT2D eigenvalue weighted by atomic mass is 10.2. The van der Waals surface area contributed by atoms with Gasteiger partial charge in [-0.1, -0.05) is 18.2 Å². The number of ether oxygens (including phenoxy) is 2. The summed E-state index contributed by atoms with van der Waals surface area (Å²) in [5, 5.41) is 0. The standard InChI is InChI=1S/C25H24N2O5S/c1-18-24(26-25(32-18)19-7-5-4-6-8-19)17-27(20-9-11-21(30-2)12-10-20)33(28,29)23-15-13-22(31-3)14-16-23/h4-16H,17H2,1-3H3. The molecule has 8 heteroatoms. The van der Waals surface area contributed by atoms with Crippen LogP contribution in [0.3, 0.4) is 0 Å². The maximum atomic E-state index is 13.7. The molecule has 1 aromatic heterocycles. The molecule has 4 aromatic rings. The third-order valence-electron chi connectivity index (χ3n) is 5.21. The Balaban J connectivity index is 1.75. The van der Waals surface area contributed by atoms with Gasteiger partial charge < -0.3 is 13.9 Å². The van der Waals surface area contributed by atoms with Crippen LogP contribution in [0.1, 0.15) is 11.5 Å². The number of methoxy groups -OCH3 is 2. The lowest BCUT2D eigenvalue weighted by Gasteiger charge is -2.24. The molecule has 0 fully saturated rings. The maximum absolute atomic E-state index is 13.7. The Labute approximate surface area is 193 Å². The van der Waals surface area contributed by atoms with E-state index >= 15 is 0 Å². The summed E-state index contributed by atoms with van der Waals surface area (Å²) in [5.74, 6) is 2.20. The molecule has 33 heavy (non-hydrogen) atoms. The highest BCUT2D eigenvalue weighted by molar-refractivity contribution is 7.92. The molecule has 0 aliphatic carbocycles. The van der Waals surface area contributed by atoms with E-state index in [0.29, 0.717) is 34.5 Å². The molecule has 3 aromatic carbocycles. The minimum Gasteiger partial charge on any atom is -0.497 e. The topological polar surface area (TPSA) is 81.9 Å². The smallest absolute Gasteiger partial charge is 0.264 e. The number of hydrogen-bond donors (Lipinski definition) is 0. The molecule has 0 saturated heterocycles. The van der Waals surface area contributed by atoms with Crippen LogP contribution in [0.15, 0.2) is 88.2 Å². The maximum Gasteiger partial charge on any atom is 0.264 e. The van der Waals surface area contributed by atoms with Crippen LogP contribution in [0.2, 0.25) is 0 Å². The summed E-state index contributed by atoms with van der Waals surface area (Å²) in [7, 11) is -0.821. The van der Waals surface area contributed by atoms with Gasteiger partial charge in [0.2, 0.25) is 5.89 Å². The average molecular weight is 465 g/mol. The summed E-state index contributed by atoms with van der Waals surface area (Å²) in [6.45, 7) is 1.78. The quantitative estimate of drug-likeness (QED) is 0.362. The van der Waals surface area contributed by atoms with E-state index in [4.69, 9.17) is 13.9 Å². The number of benzene rings is 3. The Morgan fingerprint density at radius 1 is 0.848 bits per heavy atom. The number of anilines is 1. The van der Waals surface area contributed by atoms with Crippen molar-refractivity contribution in [1.82, 2.24) is 4.98 Å². The molecule has 0 saturated carbocycles. The van der Waals surface area contributed by atoms with Crippen LogP contribution in [0, 0.1) is 6.92 Å². The highest BCUT2D eigenvalue weighted by Crippen LogP contribution is 2.30. The zero-order chi connectivity index (χ0) is 23.4. The lowest BCUT2D eigenvalue weighted by Crippen LogP contribution is -2.31. The van der Waals surface area contributed by atoms with Gasteiger partial charge in [-0.05, 0) is 67.6 Å². The summed E-state index contributed by atoms with van der Waals surface area (Å²) in [5.41, 5.74) is 1.83. The van der Waals surface area contributed by atoms with Gasteiger partial charge in [0, 0.05) is 5.56 Å². The van der Waals surface area contributed by atoms with Crippen molar-refractivity contribution < 1.29 is 22.3 Å². The van der Waals surface area contributed by atoms with Gasteiger partial charge in [-0.25, -0.2) is 13.4 Å². The van der Waals surface area contributed by atoms with E-state index < -0.39 is 10.0 Å². The van der Waals surface area contributed by atoms with Gasteiger partial charge in [-0.2, -0.15) is 0 Å². The fourth-order valence-electron chi connectivity index (χ4n) is 3.35. The minimum absolute atomic E-state index is 0.00284. The van der Waals surface area contributed by atoms with Gasteiger partial charge in [0.15, 0.2) is 0 Å². The number of oxazole rings is 1. The van der Waals surface area contributed by atoms with Gasteiger partial charge in [0.05, 0.1) is 31.3 Å². The fraction of sp³-hybridized carbons (Fsp3) is 0.160. The first-order valence-corrected chi connectivity index (χ1v) is 11.7. The monoisotopic (exact) mass is 464 g/mol. The van der Waals surface area contributed by atoms with Gasteiger partial charge in [0.25, 0.3) is 10.0 Å². The lowest BCUT2D eigenvalue weighted by molar-refractivity contribution is 0.414.